The summed E-state index contributed by atoms with van der Waals surface area (Å²) in [5, 5.41) is 21.5. The molecule has 0 spiro atoms. The van der Waals surface area contributed by atoms with Crippen LogP contribution in [0.4, 0.5) is 4.79 Å². The third-order valence-corrected chi connectivity index (χ3v) is 2.94. The first-order valence-corrected chi connectivity index (χ1v) is 7.05. The fourth-order valence-corrected chi connectivity index (χ4v) is 2.01. The standard InChI is InChI=1S/C14H18BrNO5/c1-14(2,3)21-13(20)16-10(12(18)19)11(17)8-5-4-6-9(15)7-8/h4-7,10-11,17H,1-3H3,(H,16,20)(H,18,19). The van der Waals surface area contributed by atoms with E-state index < -0.39 is 29.8 Å². The molecule has 0 saturated carbocycles. The lowest BCUT2D eigenvalue weighted by atomic mass is 10.0. The number of carboxylic acid groups (broad SMARTS) is 1. The number of carbonyl (C=O) groups excluding carboxylic acids is 1. The largest absolute Gasteiger partial charge is 0.480 e. The summed E-state index contributed by atoms with van der Waals surface area (Å²) in [5.74, 6) is -1.35. The van der Waals surface area contributed by atoms with E-state index in [2.05, 4.69) is 21.2 Å². The molecule has 1 aromatic carbocycles. The van der Waals surface area contributed by atoms with Crippen molar-refractivity contribution in [2.75, 3.05) is 0 Å². The number of aliphatic hydroxyl groups excluding tert-OH is 1. The number of halogens is 1. The molecule has 6 nitrogen and oxygen atoms in total. The van der Waals surface area contributed by atoms with Gasteiger partial charge in [0.25, 0.3) is 0 Å². The highest BCUT2D eigenvalue weighted by Gasteiger charge is 2.31. The van der Waals surface area contributed by atoms with Gasteiger partial charge in [-0.05, 0) is 38.5 Å². The fraction of sp³-hybridized carbons (Fsp3) is 0.429. The lowest BCUT2D eigenvalue weighted by Gasteiger charge is -2.24. The van der Waals surface area contributed by atoms with Gasteiger partial charge in [0.1, 0.15) is 11.7 Å². The van der Waals surface area contributed by atoms with Gasteiger partial charge in [0, 0.05) is 4.47 Å². The van der Waals surface area contributed by atoms with Gasteiger partial charge in [0.2, 0.25) is 0 Å². The second-order valence-corrected chi connectivity index (χ2v) is 6.38. The van der Waals surface area contributed by atoms with Crippen LogP contribution in [0, 0.1) is 0 Å². The molecule has 0 heterocycles. The summed E-state index contributed by atoms with van der Waals surface area (Å²) in [6, 6.07) is 5.05. The van der Waals surface area contributed by atoms with Crippen molar-refractivity contribution in [2.45, 2.75) is 38.5 Å². The van der Waals surface area contributed by atoms with Crippen molar-refractivity contribution >= 4 is 28.0 Å². The van der Waals surface area contributed by atoms with Gasteiger partial charge in [-0.2, -0.15) is 0 Å². The minimum absolute atomic E-state index is 0.368. The molecule has 0 bridgehead atoms. The number of rotatable bonds is 4. The smallest absolute Gasteiger partial charge is 0.408 e. The number of ether oxygens (including phenoxy) is 1. The van der Waals surface area contributed by atoms with E-state index in [1.807, 2.05) is 0 Å². The van der Waals surface area contributed by atoms with E-state index in [1.54, 1.807) is 45.0 Å². The van der Waals surface area contributed by atoms with Gasteiger partial charge in [0.05, 0.1) is 0 Å². The number of carboxylic acids is 1. The summed E-state index contributed by atoms with van der Waals surface area (Å²) in [7, 11) is 0. The van der Waals surface area contributed by atoms with Crippen molar-refractivity contribution in [3.05, 3.63) is 34.3 Å². The summed E-state index contributed by atoms with van der Waals surface area (Å²) in [6.07, 6.45) is -2.29. The molecule has 0 fully saturated rings. The van der Waals surface area contributed by atoms with Crippen LogP contribution >= 0.6 is 15.9 Å². The molecule has 0 aliphatic rings. The van der Waals surface area contributed by atoms with Crippen molar-refractivity contribution < 1.29 is 24.5 Å². The van der Waals surface area contributed by atoms with Crippen LogP contribution in [0.2, 0.25) is 0 Å². The lowest BCUT2D eigenvalue weighted by molar-refractivity contribution is -0.142. The predicted molar refractivity (Wildman–Crippen MR) is 79.9 cm³/mol. The molecule has 116 valence electrons. The molecule has 1 amide bonds. The second kappa shape index (κ2) is 6.91. The van der Waals surface area contributed by atoms with E-state index in [9.17, 15) is 19.8 Å². The Bertz CT molecular complexity index is 526. The zero-order valence-corrected chi connectivity index (χ0v) is 13.5. The van der Waals surface area contributed by atoms with Crippen molar-refractivity contribution in [1.82, 2.24) is 5.32 Å². The monoisotopic (exact) mass is 359 g/mol. The first-order valence-electron chi connectivity index (χ1n) is 6.26. The molecular formula is C14H18BrNO5. The van der Waals surface area contributed by atoms with Gasteiger partial charge in [-0.25, -0.2) is 9.59 Å². The van der Waals surface area contributed by atoms with Gasteiger partial charge in [-0.15, -0.1) is 0 Å². The SMILES string of the molecule is CC(C)(C)OC(=O)NC(C(=O)O)C(O)c1cccc(Br)c1. The Balaban J connectivity index is 2.87. The molecule has 0 radical (unpaired) electrons. The number of hydrogen-bond donors (Lipinski definition) is 3. The first-order chi connectivity index (χ1) is 9.60. The average Bonchev–Trinajstić information content (AvgIpc) is 2.32. The Morgan fingerprint density at radius 2 is 1.95 bits per heavy atom. The number of aliphatic carboxylic acids is 1. The zero-order chi connectivity index (χ0) is 16.2. The van der Waals surface area contributed by atoms with E-state index in [-0.39, 0.29) is 0 Å². The van der Waals surface area contributed by atoms with E-state index >= 15 is 0 Å². The van der Waals surface area contributed by atoms with Crippen LogP contribution in [-0.4, -0.2) is 33.9 Å². The number of carbonyl (C=O) groups is 2. The van der Waals surface area contributed by atoms with Crippen LogP contribution in [0.5, 0.6) is 0 Å². The van der Waals surface area contributed by atoms with Crippen LogP contribution in [0.1, 0.15) is 32.4 Å². The number of benzene rings is 1. The molecular weight excluding hydrogens is 342 g/mol. The third kappa shape index (κ3) is 5.73. The van der Waals surface area contributed by atoms with E-state index in [0.717, 1.165) is 0 Å². The van der Waals surface area contributed by atoms with E-state index in [4.69, 9.17) is 4.74 Å². The molecule has 2 atom stereocenters. The van der Waals surface area contributed by atoms with Gasteiger partial charge in [-0.3, -0.25) is 0 Å². The maximum absolute atomic E-state index is 11.7. The summed E-state index contributed by atoms with van der Waals surface area (Å²) >= 11 is 3.24. The molecule has 3 N–H and O–H groups in total. The molecule has 0 aromatic heterocycles. The molecule has 2 unspecified atom stereocenters. The highest BCUT2D eigenvalue weighted by molar-refractivity contribution is 9.10. The van der Waals surface area contributed by atoms with Crippen molar-refractivity contribution in [1.29, 1.82) is 0 Å². The van der Waals surface area contributed by atoms with E-state index in [1.165, 1.54) is 0 Å². The molecule has 7 heteroatoms. The van der Waals surface area contributed by atoms with Gasteiger partial charge < -0.3 is 20.3 Å². The minimum Gasteiger partial charge on any atom is -0.480 e. The summed E-state index contributed by atoms with van der Waals surface area (Å²) in [5.41, 5.74) is -0.388. The van der Waals surface area contributed by atoms with Crippen LogP contribution in [0.25, 0.3) is 0 Å². The summed E-state index contributed by atoms with van der Waals surface area (Å²) in [6.45, 7) is 4.98. The first kappa shape index (κ1) is 17.5. The molecule has 1 aromatic rings. The van der Waals surface area contributed by atoms with Crippen LogP contribution in [0.3, 0.4) is 0 Å². The second-order valence-electron chi connectivity index (χ2n) is 5.46. The predicted octanol–water partition coefficient (Wildman–Crippen LogP) is 2.46. The maximum Gasteiger partial charge on any atom is 0.408 e. The van der Waals surface area contributed by atoms with Crippen LogP contribution in [0.15, 0.2) is 28.7 Å². The number of hydrogen-bond acceptors (Lipinski definition) is 4. The van der Waals surface area contributed by atoms with Crippen LogP contribution in [-0.2, 0) is 9.53 Å². The Morgan fingerprint density at radius 3 is 2.43 bits per heavy atom. The van der Waals surface area contributed by atoms with E-state index in [0.29, 0.717) is 10.0 Å². The normalized spacial score (nSPS) is 14.1. The van der Waals surface area contributed by atoms with Crippen LogP contribution < -0.4 is 5.32 Å². The highest BCUT2D eigenvalue weighted by atomic mass is 79.9. The maximum atomic E-state index is 11.7. The highest BCUT2D eigenvalue weighted by Crippen LogP contribution is 2.21. The molecule has 0 aliphatic heterocycles. The number of aliphatic hydroxyl groups is 1. The van der Waals surface area contributed by atoms with Crippen molar-refractivity contribution in [3.8, 4) is 0 Å². The molecule has 0 aliphatic carbocycles. The Kier molecular flexibility index (Phi) is 5.74. The zero-order valence-electron chi connectivity index (χ0n) is 12.0. The average molecular weight is 360 g/mol. The lowest BCUT2D eigenvalue weighted by Crippen LogP contribution is -2.46. The van der Waals surface area contributed by atoms with Gasteiger partial charge in [0.15, 0.2) is 6.04 Å². The molecule has 0 saturated heterocycles. The number of amides is 1. The third-order valence-electron chi connectivity index (χ3n) is 2.44. The quantitative estimate of drug-likeness (QED) is 0.767. The van der Waals surface area contributed by atoms with Crippen molar-refractivity contribution in [2.24, 2.45) is 0 Å². The summed E-state index contributed by atoms with van der Waals surface area (Å²) in [4.78, 5) is 22.9. The van der Waals surface area contributed by atoms with Gasteiger partial charge in [-0.1, -0.05) is 28.1 Å². The molecule has 1 rings (SSSR count). The molecule has 21 heavy (non-hydrogen) atoms. The van der Waals surface area contributed by atoms with Gasteiger partial charge >= 0.3 is 12.1 Å². The summed E-state index contributed by atoms with van der Waals surface area (Å²) < 4.78 is 5.69. The number of nitrogens with one attached hydrogen (secondary N) is 1. The van der Waals surface area contributed by atoms with Crippen molar-refractivity contribution in [3.63, 3.8) is 0 Å². The minimum atomic E-state index is -1.51. The Labute approximate surface area is 131 Å². The Morgan fingerprint density at radius 1 is 1.33 bits per heavy atom. The fourth-order valence-electron chi connectivity index (χ4n) is 1.59. The number of alkyl carbamates (subject to hydrolysis) is 1. The topological polar surface area (TPSA) is 95.9 Å². The Hall–Kier alpha value is -1.60.